The standard InChI is InChI=1S/C12H15BrN4O3S/c1-8(2)6-17-7-9(3-15-17)21(19,20)16-11-5-14-4-10(13)12(11)18/h3-5,7-8,16H,6H2,1-2H3,(H,14,18). The monoisotopic (exact) mass is 374 g/mol. The molecular formula is C12H15BrN4O3S. The number of H-pyrrole nitrogens is 1. The molecule has 0 atom stereocenters. The first-order chi connectivity index (χ1) is 9.79. The van der Waals surface area contributed by atoms with Gasteiger partial charge in [-0.25, -0.2) is 8.42 Å². The molecule has 0 unspecified atom stereocenters. The van der Waals surface area contributed by atoms with Gasteiger partial charge in [-0.2, -0.15) is 5.10 Å². The molecule has 0 aliphatic heterocycles. The van der Waals surface area contributed by atoms with Gasteiger partial charge in [-0.1, -0.05) is 13.8 Å². The maximum atomic E-state index is 12.2. The number of aromatic amines is 1. The molecule has 2 N–H and O–H groups in total. The Morgan fingerprint density at radius 1 is 1.43 bits per heavy atom. The Kier molecular flexibility index (Phi) is 4.52. The molecule has 0 radical (unpaired) electrons. The van der Waals surface area contributed by atoms with Crippen LogP contribution in [0, 0.1) is 5.92 Å². The largest absolute Gasteiger partial charge is 0.365 e. The SMILES string of the molecule is CC(C)Cn1cc(S(=O)(=O)Nc2c[nH]cc(Br)c2=O)cn1. The summed E-state index contributed by atoms with van der Waals surface area (Å²) in [6.45, 7) is 4.64. The molecule has 2 aromatic rings. The summed E-state index contributed by atoms with van der Waals surface area (Å²) in [7, 11) is -3.84. The van der Waals surface area contributed by atoms with Gasteiger partial charge in [-0.15, -0.1) is 0 Å². The zero-order valence-electron chi connectivity index (χ0n) is 11.5. The summed E-state index contributed by atoms with van der Waals surface area (Å²) in [5.41, 5.74) is -0.493. The van der Waals surface area contributed by atoms with E-state index < -0.39 is 15.5 Å². The van der Waals surface area contributed by atoms with Crippen LogP contribution in [0.15, 0.2) is 39.0 Å². The molecule has 2 aromatic heterocycles. The second kappa shape index (κ2) is 6.02. The van der Waals surface area contributed by atoms with Gasteiger partial charge in [-0.05, 0) is 21.8 Å². The number of aromatic nitrogens is 3. The van der Waals surface area contributed by atoms with E-state index in [1.165, 1.54) is 24.8 Å². The third kappa shape index (κ3) is 3.73. The van der Waals surface area contributed by atoms with Crippen LogP contribution >= 0.6 is 15.9 Å². The van der Waals surface area contributed by atoms with Crippen LogP contribution in [0.25, 0.3) is 0 Å². The van der Waals surface area contributed by atoms with Crippen molar-refractivity contribution >= 4 is 31.6 Å². The maximum Gasteiger partial charge on any atom is 0.265 e. The van der Waals surface area contributed by atoms with E-state index in [1.54, 1.807) is 4.68 Å². The van der Waals surface area contributed by atoms with Gasteiger partial charge in [0.25, 0.3) is 10.0 Å². The lowest BCUT2D eigenvalue weighted by Gasteiger charge is -2.06. The second-order valence-electron chi connectivity index (χ2n) is 4.94. The Morgan fingerprint density at radius 3 is 2.81 bits per heavy atom. The van der Waals surface area contributed by atoms with Gasteiger partial charge in [0.1, 0.15) is 10.6 Å². The lowest BCUT2D eigenvalue weighted by Crippen LogP contribution is -2.19. The average molecular weight is 375 g/mol. The lowest BCUT2D eigenvalue weighted by atomic mass is 10.2. The maximum absolute atomic E-state index is 12.2. The van der Waals surface area contributed by atoms with Crippen molar-refractivity contribution in [2.75, 3.05) is 4.72 Å². The fourth-order valence-corrected chi connectivity index (χ4v) is 3.05. The highest BCUT2D eigenvalue weighted by Crippen LogP contribution is 2.14. The minimum absolute atomic E-state index is 0.0162. The number of pyridine rings is 1. The van der Waals surface area contributed by atoms with Crippen LogP contribution in [0.2, 0.25) is 0 Å². The number of hydrogen-bond acceptors (Lipinski definition) is 4. The van der Waals surface area contributed by atoms with Gasteiger partial charge in [0.15, 0.2) is 0 Å². The summed E-state index contributed by atoms with van der Waals surface area (Å²) in [6, 6.07) is 0. The van der Waals surface area contributed by atoms with Crippen LogP contribution < -0.4 is 10.2 Å². The Labute approximate surface area is 130 Å². The Bertz CT molecular complexity index is 795. The molecule has 2 rings (SSSR count). The van der Waals surface area contributed by atoms with Crippen molar-refractivity contribution in [3.05, 3.63) is 39.5 Å². The molecule has 0 aliphatic carbocycles. The molecule has 0 aromatic carbocycles. The molecule has 7 nitrogen and oxygen atoms in total. The third-order valence-electron chi connectivity index (χ3n) is 2.62. The quantitative estimate of drug-likeness (QED) is 0.833. The van der Waals surface area contributed by atoms with E-state index >= 15 is 0 Å². The van der Waals surface area contributed by atoms with E-state index in [9.17, 15) is 13.2 Å². The zero-order valence-corrected chi connectivity index (χ0v) is 13.9. The minimum atomic E-state index is -3.84. The number of nitrogens with zero attached hydrogens (tertiary/aromatic N) is 2. The van der Waals surface area contributed by atoms with Crippen molar-refractivity contribution in [3.8, 4) is 0 Å². The molecule has 0 aliphatic rings. The predicted molar refractivity (Wildman–Crippen MR) is 82.6 cm³/mol. The minimum Gasteiger partial charge on any atom is -0.365 e. The molecule has 0 amide bonds. The highest BCUT2D eigenvalue weighted by atomic mass is 79.9. The Morgan fingerprint density at radius 2 is 2.14 bits per heavy atom. The topological polar surface area (TPSA) is 96.9 Å². The van der Waals surface area contributed by atoms with E-state index in [1.807, 2.05) is 13.8 Å². The van der Waals surface area contributed by atoms with Crippen LogP contribution in [0.3, 0.4) is 0 Å². The molecule has 0 saturated carbocycles. The smallest absolute Gasteiger partial charge is 0.265 e. The molecule has 2 heterocycles. The van der Waals surface area contributed by atoms with Crippen molar-refractivity contribution in [1.29, 1.82) is 0 Å². The van der Waals surface area contributed by atoms with Crippen molar-refractivity contribution in [3.63, 3.8) is 0 Å². The van der Waals surface area contributed by atoms with Crippen LogP contribution in [0.5, 0.6) is 0 Å². The van der Waals surface area contributed by atoms with E-state index in [2.05, 4.69) is 30.7 Å². The first-order valence-corrected chi connectivity index (χ1v) is 8.49. The van der Waals surface area contributed by atoms with Gasteiger partial charge in [0.05, 0.1) is 10.7 Å². The van der Waals surface area contributed by atoms with Gasteiger partial charge < -0.3 is 4.98 Å². The Balaban J connectivity index is 2.28. The van der Waals surface area contributed by atoms with Gasteiger partial charge in [0, 0.05) is 25.1 Å². The van der Waals surface area contributed by atoms with E-state index in [0.717, 1.165) is 0 Å². The highest BCUT2D eigenvalue weighted by molar-refractivity contribution is 9.10. The van der Waals surface area contributed by atoms with Crippen LogP contribution in [0.1, 0.15) is 13.8 Å². The molecular weight excluding hydrogens is 360 g/mol. The fraction of sp³-hybridized carbons (Fsp3) is 0.333. The first-order valence-electron chi connectivity index (χ1n) is 6.21. The second-order valence-corrected chi connectivity index (χ2v) is 7.48. The molecule has 114 valence electrons. The van der Waals surface area contributed by atoms with Crippen LogP contribution in [-0.2, 0) is 16.6 Å². The summed E-state index contributed by atoms with van der Waals surface area (Å²) in [6.07, 6.45) is 5.43. The van der Waals surface area contributed by atoms with Crippen molar-refractivity contribution in [1.82, 2.24) is 14.8 Å². The zero-order chi connectivity index (χ0) is 15.6. The summed E-state index contributed by atoms with van der Waals surface area (Å²) >= 11 is 3.05. The summed E-state index contributed by atoms with van der Waals surface area (Å²) in [4.78, 5) is 14.5. The lowest BCUT2D eigenvalue weighted by molar-refractivity contribution is 0.482. The van der Waals surface area contributed by atoms with E-state index in [-0.39, 0.29) is 15.1 Å². The van der Waals surface area contributed by atoms with Crippen molar-refractivity contribution in [2.45, 2.75) is 25.3 Å². The number of nitrogens with one attached hydrogen (secondary N) is 2. The summed E-state index contributed by atoms with van der Waals surface area (Å²) in [5.74, 6) is 0.348. The van der Waals surface area contributed by atoms with Crippen LogP contribution in [0.4, 0.5) is 5.69 Å². The molecule has 9 heteroatoms. The van der Waals surface area contributed by atoms with Crippen LogP contribution in [-0.4, -0.2) is 23.2 Å². The number of sulfonamides is 1. The van der Waals surface area contributed by atoms with Gasteiger partial charge in [-0.3, -0.25) is 14.2 Å². The molecule has 0 fully saturated rings. The average Bonchev–Trinajstić information content (AvgIpc) is 2.83. The normalized spacial score (nSPS) is 11.8. The Hall–Kier alpha value is -1.61. The molecule has 21 heavy (non-hydrogen) atoms. The molecule has 0 saturated heterocycles. The number of anilines is 1. The van der Waals surface area contributed by atoms with E-state index in [0.29, 0.717) is 12.5 Å². The number of halogens is 1. The summed E-state index contributed by atoms with van der Waals surface area (Å²) in [5, 5.41) is 4.01. The first kappa shape index (κ1) is 15.8. The summed E-state index contributed by atoms with van der Waals surface area (Å²) < 4.78 is 28.5. The predicted octanol–water partition coefficient (Wildman–Crippen LogP) is 1.79. The molecule has 0 bridgehead atoms. The van der Waals surface area contributed by atoms with Gasteiger partial charge in [0.2, 0.25) is 5.43 Å². The van der Waals surface area contributed by atoms with E-state index in [4.69, 9.17) is 0 Å². The number of rotatable bonds is 5. The van der Waals surface area contributed by atoms with Gasteiger partial charge >= 0.3 is 0 Å². The fourth-order valence-electron chi connectivity index (χ4n) is 1.69. The molecule has 0 spiro atoms. The highest BCUT2D eigenvalue weighted by Gasteiger charge is 2.18. The van der Waals surface area contributed by atoms with Crippen molar-refractivity contribution < 1.29 is 8.42 Å². The van der Waals surface area contributed by atoms with Crippen molar-refractivity contribution in [2.24, 2.45) is 5.92 Å². The number of hydrogen-bond donors (Lipinski definition) is 2. The third-order valence-corrected chi connectivity index (χ3v) is 4.52.